The van der Waals surface area contributed by atoms with Gasteiger partial charge < -0.3 is 10.5 Å². The molecule has 1 saturated carbocycles. The molecule has 16 heavy (non-hydrogen) atoms. The van der Waals surface area contributed by atoms with Crippen molar-refractivity contribution in [1.82, 2.24) is 15.0 Å². The fourth-order valence-electron chi connectivity index (χ4n) is 1.93. The van der Waals surface area contributed by atoms with E-state index in [0.717, 1.165) is 23.9 Å². The van der Waals surface area contributed by atoms with Gasteiger partial charge in [0.25, 0.3) is 0 Å². The maximum Gasteiger partial charge on any atom is 0.102 e. The largest absolute Gasteiger partial charge is 0.375 e. The van der Waals surface area contributed by atoms with E-state index in [1.165, 1.54) is 19.3 Å². The second-order valence-corrected chi connectivity index (χ2v) is 4.46. The minimum absolute atomic E-state index is 0.00718. The van der Waals surface area contributed by atoms with Crippen molar-refractivity contribution in [2.24, 2.45) is 11.7 Å². The fraction of sp³-hybridized carbons (Fsp3) is 0.818. The third-order valence-electron chi connectivity index (χ3n) is 3.23. The molecule has 0 amide bonds. The van der Waals surface area contributed by atoms with Crippen LogP contribution in [0.3, 0.4) is 0 Å². The molecule has 0 aromatic carbocycles. The fourth-order valence-corrected chi connectivity index (χ4v) is 1.93. The first-order valence-electron chi connectivity index (χ1n) is 5.91. The highest BCUT2D eigenvalue weighted by molar-refractivity contribution is 5.12. The molecule has 0 aliphatic heterocycles. The van der Waals surface area contributed by atoms with Crippen LogP contribution in [0.1, 0.15) is 43.7 Å². The number of hydrogen-bond donors (Lipinski definition) is 1. The van der Waals surface area contributed by atoms with Gasteiger partial charge in [-0.05, 0) is 19.3 Å². The molecule has 0 radical (unpaired) electrons. The summed E-state index contributed by atoms with van der Waals surface area (Å²) < 4.78 is 7.30. The van der Waals surface area contributed by atoms with Crippen molar-refractivity contribution >= 4 is 0 Å². The molecule has 1 atom stereocenters. The third kappa shape index (κ3) is 2.41. The molecule has 1 unspecified atom stereocenters. The summed E-state index contributed by atoms with van der Waals surface area (Å²) in [5.74, 6) is 0.899. The zero-order valence-corrected chi connectivity index (χ0v) is 10.0. The Morgan fingerprint density at radius 2 is 2.31 bits per heavy atom. The van der Waals surface area contributed by atoms with Crippen LogP contribution in [0.15, 0.2) is 0 Å². The first kappa shape index (κ1) is 11.5. The number of nitrogens with zero attached hydrogens (tertiary/aromatic N) is 3. The van der Waals surface area contributed by atoms with Gasteiger partial charge in [-0.25, -0.2) is 4.68 Å². The molecule has 0 spiro atoms. The van der Waals surface area contributed by atoms with Gasteiger partial charge in [-0.3, -0.25) is 0 Å². The highest BCUT2D eigenvalue weighted by atomic mass is 16.5. The van der Waals surface area contributed by atoms with Crippen LogP contribution in [0.5, 0.6) is 0 Å². The number of hydrogen-bond acceptors (Lipinski definition) is 4. The van der Waals surface area contributed by atoms with Crippen molar-refractivity contribution in [3.05, 3.63) is 11.4 Å². The predicted molar refractivity (Wildman–Crippen MR) is 60.7 cm³/mol. The third-order valence-corrected chi connectivity index (χ3v) is 3.23. The summed E-state index contributed by atoms with van der Waals surface area (Å²) in [5, 5.41) is 8.27. The van der Waals surface area contributed by atoms with Crippen LogP contribution in [-0.2, 0) is 17.8 Å². The smallest absolute Gasteiger partial charge is 0.102 e. The van der Waals surface area contributed by atoms with E-state index in [1.54, 1.807) is 7.11 Å². The van der Waals surface area contributed by atoms with Gasteiger partial charge in [0.15, 0.2) is 0 Å². The van der Waals surface area contributed by atoms with Gasteiger partial charge >= 0.3 is 0 Å². The van der Waals surface area contributed by atoms with Crippen molar-refractivity contribution < 1.29 is 4.74 Å². The molecule has 90 valence electrons. The molecule has 1 aromatic heterocycles. The summed E-state index contributed by atoms with van der Waals surface area (Å²) >= 11 is 0. The average molecular weight is 224 g/mol. The normalized spacial score (nSPS) is 17.7. The second-order valence-electron chi connectivity index (χ2n) is 4.46. The molecule has 1 heterocycles. The van der Waals surface area contributed by atoms with Crippen LogP contribution in [-0.4, -0.2) is 22.1 Å². The van der Waals surface area contributed by atoms with Crippen molar-refractivity contribution in [2.45, 2.75) is 45.4 Å². The molecule has 1 aliphatic carbocycles. The van der Waals surface area contributed by atoms with E-state index in [-0.39, 0.29) is 6.10 Å². The Balaban J connectivity index is 2.11. The van der Waals surface area contributed by atoms with Crippen molar-refractivity contribution in [2.75, 3.05) is 7.11 Å². The first-order chi connectivity index (χ1) is 7.76. The maximum atomic E-state index is 5.65. The average Bonchev–Trinajstić information content (AvgIpc) is 3.04. The van der Waals surface area contributed by atoms with Crippen molar-refractivity contribution in [3.63, 3.8) is 0 Å². The SMILES string of the molecule is COC(C)c1c(CN)nnn1CCC1CC1. The van der Waals surface area contributed by atoms with Gasteiger partial charge in [-0.15, -0.1) is 5.10 Å². The van der Waals surface area contributed by atoms with E-state index in [9.17, 15) is 0 Å². The van der Waals surface area contributed by atoms with Gasteiger partial charge in [0.2, 0.25) is 0 Å². The molecule has 1 fully saturated rings. The molecule has 1 aliphatic rings. The Morgan fingerprint density at radius 1 is 1.56 bits per heavy atom. The van der Waals surface area contributed by atoms with Gasteiger partial charge in [0.1, 0.15) is 5.69 Å². The molecule has 2 rings (SSSR count). The lowest BCUT2D eigenvalue weighted by Gasteiger charge is -2.13. The molecule has 2 N–H and O–H groups in total. The number of aromatic nitrogens is 3. The lowest BCUT2D eigenvalue weighted by molar-refractivity contribution is 0.110. The lowest BCUT2D eigenvalue weighted by atomic mass is 10.2. The lowest BCUT2D eigenvalue weighted by Crippen LogP contribution is -2.12. The Labute approximate surface area is 96.0 Å². The van der Waals surface area contributed by atoms with Crippen molar-refractivity contribution in [3.8, 4) is 0 Å². The Hall–Kier alpha value is -0.940. The van der Waals surface area contributed by atoms with Crippen LogP contribution >= 0.6 is 0 Å². The van der Waals surface area contributed by atoms with E-state index < -0.39 is 0 Å². The Bertz CT molecular complexity index is 346. The summed E-state index contributed by atoms with van der Waals surface area (Å²) in [5.41, 5.74) is 7.54. The first-order valence-corrected chi connectivity index (χ1v) is 5.91. The number of methoxy groups -OCH3 is 1. The second kappa shape index (κ2) is 4.93. The monoisotopic (exact) mass is 224 g/mol. The van der Waals surface area contributed by atoms with E-state index in [4.69, 9.17) is 10.5 Å². The summed E-state index contributed by atoms with van der Waals surface area (Å²) in [6, 6.07) is 0. The minimum atomic E-state index is 0.00718. The standard InChI is InChI=1S/C11H20N4O/c1-8(16-2)11-10(7-12)13-14-15(11)6-5-9-3-4-9/h8-9H,3-7,12H2,1-2H3. The number of aryl methyl sites for hydroxylation is 1. The Kier molecular flexibility index (Phi) is 3.56. The van der Waals surface area contributed by atoms with Crippen LogP contribution in [0.4, 0.5) is 0 Å². The van der Waals surface area contributed by atoms with Gasteiger partial charge in [0.05, 0.1) is 11.8 Å². The molecule has 1 aromatic rings. The molecule has 5 nitrogen and oxygen atoms in total. The van der Waals surface area contributed by atoms with E-state index in [2.05, 4.69) is 10.3 Å². The summed E-state index contributed by atoms with van der Waals surface area (Å²) in [4.78, 5) is 0. The van der Waals surface area contributed by atoms with Gasteiger partial charge in [0, 0.05) is 20.2 Å². The van der Waals surface area contributed by atoms with Crippen LogP contribution in [0.2, 0.25) is 0 Å². The molecule has 5 heteroatoms. The summed E-state index contributed by atoms with van der Waals surface area (Å²) in [6.45, 7) is 3.36. The molecular weight excluding hydrogens is 204 g/mol. The Morgan fingerprint density at radius 3 is 2.88 bits per heavy atom. The molecule has 0 saturated heterocycles. The highest BCUT2D eigenvalue weighted by Gasteiger charge is 2.23. The van der Waals surface area contributed by atoms with Crippen LogP contribution in [0, 0.1) is 5.92 Å². The topological polar surface area (TPSA) is 66.0 Å². The maximum absolute atomic E-state index is 5.65. The molecule has 0 bridgehead atoms. The zero-order chi connectivity index (χ0) is 11.5. The van der Waals surface area contributed by atoms with E-state index in [0.29, 0.717) is 6.54 Å². The number of ether oxygens (including phenoxy) is 1. The van der Waals surface area contributed by atoms with Crippen molar-refractivity contribution in [1.29, 1.82) is 0 Å². The summed E-state index contributed by atoms with van der Waals surface area (Å²) in [6.07, 6.45) is 3.94. The highest BCUT2D eigenvalue weighted by Crippen LogP contribution is 2.33. The summed E-state index contributed by atoms with van der Waals surface area (Å²) in [7, 11) is 1.70. The predicted octanol–water partition coefficient (Wildman–Crippen LogP) is 1.24. The minimum Gasteiger partial charge on any atom is -0.375 e. The van der Waals surface area contributed by atoms with E-state index >= 15 is 0 Å². The van der Waals surface area contributed by atoms with Gasteiger partial charge in [-0.1, -0.05) is 18.1 Å². The zero-order valence-electron chi connectivity index (χ0n) is 10.0. The number of nitrogens with two attached hydrogens (primary N) is 1. The number of rotatable bonds is 6. The van der Waals surface area contributed by atoms with E-state index in [1.807, 2.05) is 11.6 Å². The van der Waals surface area contributed by atoms with Crippen LogP contribution in [0.25, 0.3) is 0 Å². The van der Waals surface area contributed by atoms with Crippen LogP contribution < -0.4 is 5.73 Å². The molecular formula is C11H20N4O. The van der Waals surface area contributed by atoms with Gasteiger partial charge in [-0.2, -0.15) is 0 Å². The quantitative estimate of drug-likeness (QED) is 0.789.